The third-order valence-electron chi connectivity index (χ3n) is 3.25. The lowest BCUT2D eigenvalue weighted by Crippen LogP contribution is -2.29. The normalized spacial score (nSPS) is 10.3. The van der Waals surface area contributed by atoms with Gasteiger partial charge in [0, 0.05) is 26.0 Å². The third-order valence-corrected chi connectivity index (χ3v) is 3.25. The maximum Gasteiger partial charge on any atom is 0.256 e. The average molecular weight is 272 g/mol. The van der Waals surface area contributed by atoms with Gasteiger partial charge in [-0.2, -0.15) is 0 Å². The Labute approximate surface area is 118 Å². The van der Waals surface area contributed by atoms with Crippen molar-refractivity contribution in [1.82, 2.24) is 9.88 Å². The maximum atomic E-state index is 13.9. The van der Waals surface area contributed by atoms with E-state index >= 15 is 0 Å². The molecule has 0 aliphatic carbocycles. The molecule has 1 aromatic carbocycles. The van der Waals surface area contributed by atoms with Gasteiger partial charge in [-0.1, -0.05) is 12.1 Å². The first-order valence-corrected chi connectivity index (χ1v) is 6.49. The molecule has 2 rings (SSSR count). The van der Waals surface area contributed by atoms with E-state index in [0.29, 0.717) is 12.1 Å². The van der Waals surface area contributed by atoms with E-state index in [1.54, 1.807) is 38.5 Å². The molecule has 0 saturated heterocycles. The number of amides is 1. The zero-order chi connectivity index (χ0) is 14.5. The summed E-state index contributed by atoms with van der Waals surface area (Å²) >= 11 is 0. The van der Waals surface area contributed by atoms with Crippen LogP contribution in [-0.2, 0) is 6.42 Å². The molecule has 4 heteroatoms. The highest BCUT2D eigenvalue weighted by Crippen LogP contribution is 2.14. The fraction of sp³-hybridized carbons (Fsp3) is 0.250. The summed E-state index contributed by atoms with van der Waals surface area (Å²) in [4.78, 5) is 17.7. The highest BCUT2D eigenvalue weighted by Gasteiger charge is 2.16. The van der Waals surface area contributed by atoms with E-state index in [9.17, 15) is 9.18 Å². The number of rotatable bonds is 4. The molecule has 0 bridgehead atoms. The van der Waals surface area contributed by atoms with Gasteiger partial charge < -0.3 is 4.90 Å². The van der Waals surface area contributed by atoms with E-state index < -0.39 is 5.82 Å². The molecule has 1 amide bonds. The molecule has 0 saturated carbocycles. The van der Waals surface area contributed by atoms with Crippen LogP contribution in [0.25, 0.3) is 0 Å². The van der Waals surface area contributed by atoms with E-state index in [1.807, 2.05) is 12.1 Å². The van der Waals surface area contributed by atoms with Crippen molar-refractivity contribution in [3.05, 3.63) is 65.2 Å². The highest BCUT2D eigenvalue weighted by atomic mass is 19.1. The number of aromatic nitrogens is 1. The predicted molar refractivity (Wildman–Crippen MR) is 76.0 cm³/mol. The third kappa shape index (κ3) is 3.20. The minimum atomic E-state index is -0.437. The number of carbonyl (C=O) groups excluding carboxylic acids is 1. The van der Waals surface area contributed by atoms with Crippen molar-refractivity contribution in [2.75, 3.05) is 13.6 Å². The van der Waals surface area contributed by atoms with Crippen LogP contribution in [0.3, 0.4) is 0 Å². The minimum Gasteiger partial charge on any atom is -0.341 e. The minimum absolute atomic E-state index is 0.127. The second-order valence-electron chi connectivity index (χ2n) is 4.77. The van der Waals surface area contributed by atoms with Crippen molar-refractivity contribution < 1.29 is 9.18 Å². The van der Waals surface area contributed by atoms with E-state index in [4.69, 9.17) is 0 Å². The van der Waals surface area contributed by atoms with Gasteiger partial charge in [-0.25, -0.2) is 4.39 Å². The molecule has 0 unspecified atom stereocenters. The lowest BCUT2D eigenvalue weighted by molar-refractivity contribution is 0.0792. The van der Waals surface area contributed by atoms with Crippen LogP contribution in [-0.4, -0.2) is 29.4 Å². The number of likely N-dealkylation sites (N-methyl/N-ethyl adjacent to an activating group) is 1. The summed E-state index contributed by atoms with van der Waals surface area (Å²) in [5.41, 5.74) is 1.71. The Hall–Kier alpha value is -2.23. The number of nitrogens with zero attached hydrogens (tertiary/aromatic N) is 2. The van der Waals surface area contributed by atoms with Crippen LogP contribution in [0.15, 0.2) is 42.7 Å². The van der Waals surface area contributed by atoms with Crippen LogP contribution in [0.1, 0.15) is 21.5 Å². The fourth-order valence-corrected chi connectivity index (χ4v) is 1.97. The molecule has 1 heterocycles. The number of pyridine rings is 1. The summed E-state index contributed by atoms with van der Waals surface area (Å²) in [6, 6.07) is 8.69. The van der Waals surface area contributed by atoms with E-state index in [-0.39, 0.29) is 11.5 Å². The molecule has 3 nitrogen and oxygen atoms in total. The molecule has 104 valence electrons. The van der Waals surface area contributed by atoms with Gasteiger partial charge in [-0.05, 0) is 42.7 Å². The SMILES string of the molecule is Cc1cccc(C(=O)N(C)CCc2ccncc2)c1F. The highest BCUT2D eigenvalue weighted by molar-refractivity contribution is 5.94. The summed E-state index contributed by atoms with van der Waals surface area (Å²) < 4.78 is 13.9. The van der Waals surface area contributed by atoms with Crippen molar-refractivity contribution in [3.8, 4) is 0 Å². The van der Waals surface area contributed by atoms with Gasteiger partial charge in [0.1, 0.15) is 5.82 Å². The van der Waals surface area contributed by atoms with Crippen LogP contribution in [0.4, 0.5) is 4.39 Å². The van der Waals surface area contributed by atoms with Crippen molar-refractivity contribution in [1.29, 1.82) is 0 Å². The summed E-state index contributed by atoms with van der Waals surface area (Å²) in [5, 5.41) is 0. The summed E-state index contributed by atoms with van der Waals surface area (Å²) in [6.45, 7) is 2.19. The molecule has 0 spiro atoms. The molecule has 0 aliphatic rings. The molecule has 1 aromatic heterocycles. The molecule has 0 fully saturated rings. The first kappa shape index (κ1) is 14.2. The van der Waals surface area contributed by atoms with Crippen molar-refractivity contribution >= 4 is 5.91 Å². The summed E-state index contributed by atoms with van der Waals surface area (Å²) in [7, 11) is 1.69. The predicted octanol–water partition coefficient (Wildman–Crippen LogP) is 2.84. The van der Waals surface area contributed by atoms with Crippen molar-refractivity contribution in [2.24, 2.45) is 0 Å². The molecule has 0 atom stereocenters. The Balaban J connectivity index is 2.04. The second-order valence-corrected chi connectivity index (χ2v) is 4.77. The molecule has 0 N–H and O–H groups in total. The van der Waals surface area contributed by atoms with Gasteiger partial charge in [0.2, 0.25) is 0 Å². The Morgan fingerprint density at radius 3 is 2.65 bits per heavy atom. The maximum absolute atomic E-state index is 13.9. The first-order chi connectivity index (χ1) is 9.59. The monoisotopic (exact) mass is 272 g/mol. The van der Waals surface area contributed by atoms with Crippen molar-refractivity contribution in [3.63, 3.8) is 0 Å². The fourth-order valence-electron chi connectivity index (χ4n) is 1.97. The zero-order valence-electron chi connectivity index (χ0n) is 11.6. The van der Waals surface area contributed by atoms with Crippen molar-refractivity contribution in [2.45, 2.75) is 13.3 Å². The van der Waals surface area contributed by atoms with Crippen LogP contribution in [0.5, 0.6) is 0 Å². The smallest absolute Gasteiger partial charge is 0.256 e. The number of hydrogen-bond acceptors (Lipinski definition) is 2. The average Bonchev–Trinajstić information content (AvgIpc) is 2.48. The van der Waals surface area contributed by atoms with E-state index in [1.165, 1.54) is 11.0 Å². The van der Waals surface area contributed by atoms with Gasteiger partial charge >= 0.3 is 0 Å². The first-order valence-electron chi connectivity index (χ1n) is 6.49. The molecule has 2 aromatic rings. The van der Waals surface area contributed by atoms with Gasteiger partial charge in [-0.15, -0.1) is 0 Å². The summed E-state index contributed by atoms with van der Waals surface area (Å²) in [5.74, 6) is -0.728. The largest absolute Gasteiger partial charge is 0.341 e. The van der Waals surface area contributed by atoms with Crippen LogP contribution >= 0.6 is 0 Å². The molecule has 0 aliphatic heterocycles. The van der Waals surface area contributed by atoms with Crippen LogP contribution < -0.4 is 0 Å². The topological polar surface area (TPSA) is 33.2 Å². The Morgan fingerprint density at radius 2 is 1.95 bits per heavy atom. The number of aryl methyl sites for hydroxylation is 1. The Bertz CT molecular complexity index is 599. The molecule has 0 radical (unpaired) electrons. The summed E-state index contributed by atoms with van der Waals surface area (Å²) in [6.07, 6.45) is 4.16. The standard InChI is InChI=1S/C16H17FN2O/c1-12-4-3-5-14(15(12)17)16(20)19(2)11-8-13-6-9-18-10-7-13/h3-7,9-10H,8,11H2,1-2H3. The van der Waals surface area contributed by atoms with E-state index in [0.717, 1.165) is 12.0 Å². The van der Waals surface area contributed by atoms with Gasteiger partial charge in [0.15, 0.2) is 0 Å². The molecular formula is C16H17FN2O. The molecule has 20 heavy (non-hydrogen) atoms. The van der Waals surface area contributed by atoms with E-state index in [2.05, 4.69) is 4.98 Å². The van der Waals surface area contributed by atoms with Crippen LogP contribution in [0.2, 0.25) is 0 Å². The lowest BCUT2D eigenvalue weighted by Gasteiger charge is -2.18. The van der Waals surface area contributed by atoms with Gasteiger partial charge in [0.05, 0.1) is 5.56 Å². The van der Waals surface area contributed by atoms with Crippen LogP contribution in [0, 0.1) is 12.7 Å². The molecular weight excluding hydrogens is 255 g/mol. The van der Waals surface area contributed by atoms with Gasteiger partial charge in [0.25, 0.3) is 5.91 Å². The number of benzene rings is 1. The number of carbonyl (C=O) groups is 1. The lowest BCUT2D eigenvalue weighted by atomic mass is 10.1. The number of hydrogen-bond donors (Lipinski definition) is 0. The zero-order valence-corrected chi connectivity index (χ0v) is 11.6. The number of halogens is 1. The Kier molecular flexibility index (Phi) is 4.45. The second kappa shape index (κ2) is 6.28. The van der Waals surface area contributed by atoms with Gasteiger partial charge in [-0.3, -0.25) is 9.78 Å². The Morgan fingerprint density at radius 1 is 1.25 bits per heavy atom. The quantitative estimate of drug-likeness (QED) is 0.857.